The molecular weight excluding hydrogens is 967 g/mol. The molecule has 2 heterocycles. The Bertz CT molecular complexity index is 2590. The molecule has 0 aromatic heterocycles. The van der Waals surface area contributed by atoms with Gasteiger partial charge in [0.1, 0.15) is 29.8 Å². The van der Waals surface area contributed by atoms with Gasteiger partial charge in [0.25, 0.3) is 16.0 Å². The lowest BCUT2D eigenvalue weighted by Gasteiger charge is -2.27. The first-order valence-corrected chi connectivity index (χ1v) is 25.2. The van der Waals surface area contributed by atoms with Gasteiger partial charge in [0.05, 0.1) is 23.4 Å². The van der Waals surface area contributed by atoms with Crippen molar-refractivity contribution in [2.24, 2.45) is 21.9 Å². The second kappa shape index (κ2) is 27.2. The van der Waals surface area contributed by atoms with Gasteiger partial charge in [-0.25, -0.2) is 4.79 Å². The number of dihydropyridines is 1. The van der Waals surface area contributed by atoms with Crippen molar-refractivity contribution >= 4 is 70.0 Å². The van der Waals surface area contributed by atoms with E-state index in [9.17, 15) is 56.4 Å². The monoisotopic (exact) mass is 1030 g/mol. The zero-order valence-electron chi connectivity index (χ0n) is 40.5. The van der Waals surface area contributed by atoms with Gasteiger partial charge in [-0.1, -0.05) is 85.8 Å². The highest BCUT2D eigenvalue weighted by Gasteiger charge is 2.34. The van der Waals surface area contributed by atoms with Crippen molar-refractivity contribution < 1.29 is 56.4 Å². The van der Waals surface area contributed by atoms with Gasteiger partial charge in [-0.3, -0.25) is 48.5 Å². The molecule has 23 nitrogen and oxygen atoms in total. The highest BCUT2D eigenvalue weighted by Crippen LogP contribution is 2.28. The number of nitrogens with one attached hydrogen (secondary N) is 9. The van der Waals surface area contributed by atoms with Crippen LogP contribution < -0.4 is 48.0 Å². The van der Waals surface area contributed by atoms with E-state index in [-0.39, 0.29) is 74.6 Å². The summed E-state index contributed by atoms with van der Waals surface area (Å²) in [4.78, 5) is 110. The second-order valence-electron chi connectivity index (χ2n) is 17.9. The van der Waals surface area contributed by atoms with Crippen LogP contribution >= 0.6 is 0 Å². The van der Waals surface area contributed by atoms with Crippen LogP contribution in [0.1, 0.15) is 69.9 Å². The summed E-state index contributed by atoms with van der Waals surface area (Å²) in [5.74, 6) is -7.14. The molecule has 0 bridgehead atoms. The number of aliphatic imine (C=N–C) groups is 1. The minimum atomic E-state index is -4.45. The summed E-state index contributed by atoms with van der Waals surface area (Å²) in [7, 11) is -4.45. The third kappa shape index (κ3) is 18.4. The number of hydrogen-bond acceptors (Lipinski definition) is 13. The number of carbonyl (C=O) groups is 8. The number of hydrogen-bond donors (Lipinski definition) is 11. The molecule has 4 unspecified atom stereocenters. The normalized spacial score (nSPS) is 24.0. The highest BCUT2D eigenvalue weighted by atomic mass is 32.2. The molecule has 7 atom stereocenters. The molecule has 1 saturated heterocycles. The molecule has 8 amide bonds. The van der Waals surface area contributed by atoms with Crippen molar-refractivity contribution in [2.75, 3.05) is 19.6 Å². The zero-order valence-corrected chi connectivity index (χ0v) is 41.3. The molecule has 1 aliphatic carbocycles. The van der Waals surface area contributed by atoms with E-state index in [1.54, 1.807) is 62.4 Å². The van der Waals surface area contributed by atoms with Crippen molar-refractivity contribution in [3.63, 3.8) is 0 Å². The van der Waals surface area contributed by atoms with Crippen molar-refractivity contribution in [1.29, 1.82) is 0 Å². The van der Waals surface area contributed by atoms with E-state index < -0.39 is 106 Å². The van der Waals surface area contributed by atoms with Gasteiger partial charge in [0.15, 0.2) is 0 Å². The average molecular weight is 1030 g/mol. The smallest absolute Gasteiger partial charge is 0.315 e. The van der Waals surface area contributed by atoms with Gasteiger partial charge in [-0.15, -0.1) is 0 Å². The van der Waals surface area contributed by atoms with Gasteiger partial charge in [0, 0.05) is 50.8 Å². The lowest BCUT2D eigenvalue weighted by Crippen LogP contribution is -2.58. The Labute approximate surface area is 422 Å². The number of nitrogens with zero attached hydrogens (tertiary/aromatic N) is 2. The number of urea groups is 1. The van der Waals surface area contributed by atoms with Crippen molar-refractivity contribution in [3.8, 4) is 0 Å². The highest BCUT2D eigenvalue weighted by molar-refractivity contribution is 7.89. The fraction of sp³-hybridized carbons (Fsp3) is 0.429. The predicted molar refractivity (Wildman–Crippen MR) is 269 cm³/mol. The molecule has 0 radical (unpaired) electrons. The third-order valence-corrected chi connectivity index (χ3v) is 13.0. The number of unbranched alkanes of at least 4 members (excludes halogenated alkanes) is 1. The molecule has 73 heavy (non-hydrogen) atoms. The lowest BCUT2D eigenvalue weighted by molar-refractivity contribution is -0.141. The summed E-state index contributed by atoms with van der Waals surface area (Å²) >= 11 is 0. The van der Waals surface area contributed by atoms with Gasteiger partial charge in [-0.05, 0) is 62.1 Å². The minimum Gasteiger partial charge on any atom is -0.481 e. The van der Waals surface area contributed by atoms with Crippen LogP contribution in [0.3, 0.4) is 0 Å². The minimum absolute atomic E-state index is 0.00918. The van der Waals surface area contributed by atoms with Crippen LogP contribution in [0.15, 0.2) is 106 Å². The molecule has 392 valence electrons. The maximum atomic E-state index is 14.2. The van der Waals surface area contributed by atoms with E-state index in [0.29, 0.717) is 12.0 Å². The summed E-state index contributed by atoms with van der Waals surface area (Å²) in [5.41, 5.74) is 3.67. The molecule has 2 aromatic rings. The first-order chi connectivity index (χ1) is 34.8. The van der Waals surface area contributed by atoms with E-state index in [1.165, 1.54) is 18.5 Å². The summed E-state index contributed by atoms with van der Waals surface area (Å²) in [5, 5.41) is 34.7. The van der Waals surface area contributed by atoms with Crippen LogP contribution in [0.5, 0.6) is 0 Å². The van der Waals surface area contributed by atoms with Crippen LogP contribution in [-0.4, -0.2) is 127 Å². The average Bonchev–Trinajstić information content (AvgIpc) is 3.35. The number of allylic oxidation sites excluding steroid dienone is 4. The Morgan fingerprint density at radius 1 is 0.795 bits per heavy atom. The molecule has 2 aromatic carbocycles. The molecular formula is C49H63N11O12S. The fourth-order valence-electron chi connectivity index (χ4n) is 7.85. The van der Waals surface area contributed by atoms with Gasteiger partial charge >= 0.3 is 12.0 Å². The summed E-state index contributed by atoms with van der Waals surface area (Å²) in [6.45, 7) is 3.31. The number of aliphatic carboxylic acids is 1. The number of carboxylic acid groups (broad SMARTS) is 1. The fourth-order valence-corrected chi connectivity index (χ4v) is 8.72. The zero-order chi connectivity index (χ0) is 53.0. The van der Waals surface area contributed by atoms with Crippen LogP contribution in [0.4, 0.5) is 4.79 Å². The maximum absolute atomic E-state index is 14.2. The topological polar surface area (TPSA) is 344 Å². The van der Waals surface area contributed by atoms with Gasteiger partial charge < -0.3 is 47.6 Å². The number of hydrazone groups is 1. The molecule has 24 heteroatoms. The Balaban J connectivity index is 1.24. The molecule has 1 fully saturated rings. The summed E-state index contributed by atoms with van der Waals surface area (Å²) < 4.78 is 33.5. The Kier molecular flexibility index (Phi) is 20.9. The predicted octanol–water partition coefficient (Wildman–Crippen LogP) is 0.625. The lowest BCUT2D eigenvalue weighted by atomic mass is 9.91. The third-order valence-electron chi connectivity index (χ3n) is 12.0. The van der Waals surface area contributed by atoms with Gasteiger partial charge in [0.2, 0.25) is 29.5 Å². The SMILES string of the molecule is CC1C=CC=C(S(=O)(=O)O)C1/C=N/NC1(C)CC=C(C(=O)NCCCC[C@@H]2NC(=O)C(Cc3ccccc3)NC(=O)[C@H](CC(=O)O)NC(=O)CNC(=O)[C@H](CCCNC(=O)NCc3ccccc3)NC2=O)C=N1. The Hall–Kier alpha value is -7.73. The van der Waals surface area contributed by atoms with E-state index in [1.807, 2.05) is 30.3 Å². The molecule has 0 saturated carbocycles. The molecule has 5 rings (SSSR count). The van der Waals surface area contributed by atoms with Crippen LogP contribution in [0.2, 0.25) is 0 Å². The molecule has 0 spiro atoms. The second-order valence-corrected chi connectivity index (χ2v) is 19.3. The number of carboxylic acids is 1. The van der Waals surface area contributed by atoms with E-state index in [4.69, 9.17) is 0 Å². The van der Waals surface area contributed by atoms with E-state index >= 15 is 0 Å². The van der Waals surface area contributed by atoms with Crippen LogP contribution in [0.25, 0.3) is 0 Å². The van der Waals surface area contributed by atoms with Crippen molar-refractivity contribution in [1.82, 2.24) is 48.0 Å². The van der Waals surface area contributed by atoms with E-state index in [0.717, 1.165) is 5.56 Å². The maximum Gasteiger partial charge on any atom is 0.315 e. The van der Waals surface area contributed by atoms with Crippen LogP contribution in [0, 0.1) is 11.8 Å². The Morgan fingerprint density at radius 3 is 2.07 bits per heavy atom. The largest absolute Gasteiger partial charge is 0.481 e. The first-order valence-electron chi connectivity index (χ1n) is 23.8. The molecule has 11 N–H and O–H groups in total. The van der Waals surface area contributed by atoms with E-state index in [2.05, 4.69) is 58.1 Å². The number of carbonyl (C=O) groups excluding carboxylic acids is 7. The molecule has 2 aliphatic heterocycles. The standard InChI is InChI=1S/C49H63N11O12S/c1-31-13-11-20-40(73(70,71)72)35(31)29-55-60-49(2)22-21-34(28-54-49)43(64)50-23-10-9-18-37-45(66)57-36(19-12-24-51-48(69)53-27-33-16-7-4-8-17-33)44(65)52-30-41(61)56-39(26-42(62)63)47(68)59-38(46(67)58-37)25-32-14-5-3-6-15-32/h3-8,11,13-17,20-21,28-29,31,35-39,60H,9-10,12,18-19,22-27,30H2,1-2H3,(H,50,64)(H,52,65)(H,56,61)(H,57,66)(H,58,67)(H,59,68)(H,62,63)(H2,51,53,69)(H,70,71,72)/b55-29+/t31?,35?,36-,37-,38?,39-,49?/m0/s1. The number of rotatable bonds is 20. The van der Waals surface area contributed by atoms with Crippen molar-refractivity contribution in [2.45, 2.75) is 102 Å². The number of amides is 8. The van der Waals surface area contributed by atoms with Crippen LogP contribution in [-0.2, 0) is 56.6 Å². The Morgan fingerprint density at radius 2 is 1.41 bits per heavy atom. The number of benzene rings is 2. The van der Waals surface area contributed by atoms with Gasteiger partial charge in [-0.2, -0.15) is 13.5 Å². The summed E-state index contributed by atoms with van der Waals surface area (Å²) in [6, 6.07) is 11.7. The van der Waals surface area contributed by atoms with Crippen molar-refractivity contribution in [3.05, 3.63) is 107 Å². The first kappa shape index (κ1) is 56.2. The molecule has 3 aliphatic rings. The summed E-state index contributed by atoms with van der Waals surface area (Å²) in [6.07, 6.45) is 9.06. The quantitative estimate of drug-likeness (QED) is 0.0376.